The van der Waals surface area contributed by atoms with Crippen LogP contribution in [0.4, 0.5) is 13.2 Å². The normalized spacial score (nSPS) is 25.0. The molecule has 4 nitrogen and oxygen atoms in total. The van der Waals surface area contributed by atoms with Crippen molar-refractivity contribution in [3.63, 3.8) is 0 Å². The van der Waals surface area contributed by atoms with Crippen molar-refractivity contribution in [2.24, 2.45) is 11.8 Å². The van der Waals surface area contributed by atoms with Crippen molar-refractivity contribution in [3.05, 3.63) is 28.1 Å². The summed E-state index contributed by atoms with van der Waals surface area (Å²) < 4.78 is 41.2. The number of hydrogen-bond acceptors (Lipinski definition) is 3. The number of halogens is 4. The fraction of sp³-hybridized carbons (Fsp3) is 0.714. The molecule has 4 rings (SSSR count). The van der Waals surface area contributed by atoms with E-state index >= 15 is 0 Å². The number of likely N-dealkylation sites (tertiary alicyclic amines) is 1. The first-order valence-electron chi connectivity index (χ1n) is 10.6. The molecule has 0 radical (unpaired) electrons. The molecule has 0 N–H and O–H groups in total. The number of hydrogen-bond donors (Lipinski definition) is 0. The van der Waals surface area contributed by atoms with Gasteiger partial charge in [0.15, 0.2) is 5.65 Å². The molecular weight excluding hydrogens is 445 g/mol. The molecule has 3 heterocycles. The fourth-order valence-corrected chi connectivity index (χ4v) is 5.26. The second kappa shape index (κ2) is 8.53. The summed E-state index contributed by atoms with van der Waals surface area (Å²) in [6.45, 7) is 5.14. The van der Waals surface area contributed by atoms with Crippen LogP contribution < -0.4 is 0 Å². The molecular formula is C21H28BrF3N4. The number of fused-ring (bicyclic) bond motifs is 1. The Kier molecular flexibility index (Phi) is 6.21. The van der Waals surface area contributed by atoms with Gasteiger partial charge in [0.1, 0.15) is 0 Å². The van der Waals surface area contributed by atoms with E-state index in [4.69, 9.17) is 4.98 Å². The van der Waals surface area contributed by atoms with Crippen LogP contribution >= 0.6 is 15.9 Å². The van der Waals surface area contributed by atoms with Crippen molar-refractivity contribution in [2.75, 3.05) is 19.6 Å². The molecule has 2 aromatic rings. The first kappa shape index (κ1) is 21.1. The van der Waals surface area contributed by atoms with E-state index in [1.165, 1.54) is 0 Å². The van der Waals surface area contributed by atoms with Crippen LogP contribution in [-0.2, 0) is 0 Å². The summed E-state index contributed by atoms with van der Waals surface area (Å²) in [5.74, 6) is -0.158. The van der Waals surface area contributed by atoms with Gasteiger partial charge in [0.05, 0.1) is 16.6 Å². The molecule has 2 aromatic heterocycles. The number of aromatic nitrogens is 3. The second-order valence-corrected chi connectivity index (χ2v) is 9.57. The maximum Gasteiger partial charge on any atom is 0.391 e. The zero-order valence-corrected chi connectivity index (χ0v) is 18.3. The summed E-state index contributed by atoms with van der Waals surface area (Å²) in [5.41, 5.74) is 3.10. The molecule has 0 bridgehead atoms. The predicted octanol–water partition coefficient (Wildman–Crippen LogP) is 5.74. The highest BCUT2D eigenvalue weighted by molar-refractivity contribution is 9.10. The number of aryl methyl sites for hydroxylation is 1. The van der Waals surface area contributed by atoms with Gasteiger partial charge in [-0.1, -0.05) is 0 Å². The lowest BCUT2D eigenvalue weighted by Gasteiger charge is -2.34. The smallest absolute Gasteiger partial charge is 0.303 e. The third kappa shape index (κ3) is 4.79. The van der Waals surface area contributed by atoms with E-state index in [0.29, 0.717) is 24.7 Å². The maximum absolute atomic E-state index is 12.8. The summed E-state index contributed by atoms with van der Waals surface area (Å²) in [6.07, 6.45) is 3.04. The highest BCUT2D eigenvalue weighted by atomic mass is 79.9. The molecule has 160 valence electrons. The summed E-state index contributed by atoms with van der Waals surface area (Å²) in [7, 11) is 0. The van der Waals surface area contributed by atoms with Gasteiger partial charge in [-0.15, -0.1) is 0 Å². The average molecular weight is 473 g/mol. The molecule has 0 unspecified atom stereocenters. The van der Waals surface area contributed by atoms with Crippen molar-refractivity contribution in [2.45, 2.75) is 64.0 Å². The Labute approximate surface area is 178 Å². The SMILES string of the molecule is Cc1cc(C2CCN(CCC3CCC(C(F)(F)F)CC3)CC2)nc2c(Br)cnn12. The standard InChI is InChI=1S/C21H28BrF3N4/c1-14-12-19(27-20-18(22)13-26-29(14)20)16-7-10-28(11-8-16)9-6-15-2-4-17(5-3-15)21(23,24)25/h12-13,15-17H,2-11H2,1H3. The van der Waals surface area contributed by atoms with E-state index in [0.717, 1.165) is 73.2 Å². The van der Waals surface area contributed by atoms with Crippen molar-refractivity contribution in [3.8, 4) is 0 Å². The third-order valence-electron chi connectivity index (χ3n) is 6.80. The van der Waals surface area contributed by atoms with Crippen LogP contribution in [0.3, 0.4) is 0 Å². The molecule has 8 heteroatoms. The van der Waals surface area contributed by atoms with Crippen LogP contribution in [0.25, 0.3) is 5.65 Å². The topological polar surface area (TPSA) is 33.4 Å². The number of piperidine rings is 1. The minimum atomic E-state index is -4.01. The number of nitrogens with zero attached hydrogens (tertiary/aromatic N) is 4. The maximum atomic E-state index is 12.8. The van der Waals surface area contributed by atoms with Gasteiger partial charge in [0.25, 0.3) is 0 Å². The highest BCUT2D eigenvalue weighted by Crippen LogP contribution is 2.40. The molecule has 0 aromatic carbocycles. The predicted molar refractivity (Wildman–Crippen MR) is 110 cm³/mol. The zero-order valence-electron chi connectivity index (χ0n) is 16.8. The minimum absolute atomic E-state index is 0.313. The Balaban J connectivity index is 1.26. The molecule has 0 spiro atoms. The van der Waals surface area contributed by atoms with E-state index in [2.05, 4.69) is 38.9 Å². The number of alkyl halides is 3. The lowest BCUT2D eigenvalue weighted by atomic mass is 9.80. The summed E-state index contributed by atoms with van der Waals surface area (Å²) in [5, 5.41) is 4.34. The lowest BCUT2D eigenvalue weighted by Crippen LogP contribution is -2.35. The van der Waals surface area contributed by atoms with Crippen LogP contribution in [0.5, 0.6) is 0 Å². The molecule has 1 aliphatic heterocycles. The van der Waals surface area contributed by atoms with E-state index in [-0.39, 0.29) is 0 Å². The lowest BCUT2D eigenvalue weighted by molar-refractivity contribution is -0.184. The van der Waals surface area contributed by atoms with Gasteiger partial charge in [-0.2, -0.15) is 18.3 Å². The molecule has 1 saturated heterocycles. The first-order valence-corrected chi connectivity index (χ1v) is 11.4. The largest absolute Gasteiger partial charge is 0.391 e. The molecule has 1 aliphatic carbocycles. The fourth-order valence-electron chi connectivity index (χ4n) is 4.92. The van der Waals surface area contributed by atoms with E-state index in [1.807, 2.05) is 4.52 Å². The van der Waals surface area contributed by atoms with E-state index in [1.54, 1.807) is 6.20 Å². The summed E-state index contributed by atoms with van der Waals surface area (Å²) >= 11 is 3.53. The van der Waals surface area contributed by atoms with E-state index in [9.17, 15) is 13.2 Å². The average Bonchev–Trinajstić information content (AvgIpc) is 3.08. The third-order valence-corrected chi connectivity index (χ3v) is 7.36. The van der Waals surface area contributed by atoms with Crippen molar-refractivity contribution < 1.29 is 13.2 Å². The molecule has 29 heavy (non-hydrogen) atoms. The Bertz CT molecular complexity index is 834. The quantitative estimate of drug-likeness (QED) is 0.568. The minimum Gasteiger partial charge on any atom is -0.303 e. The van der Waals surface area contributed by atoms with Gasteiger partial charge in [0, 0.05) is 17.3 Å². The number of rotatable bonds is 4. The monoisotopic (exact) mass is 472 g/mol. The van der Waals surface area contributed by atoms with Gasteiger partial charge in [0.2, 0.25) is 0 Å². The van der Waals surface area contributed by atoms with Crippen LogP contribution in [-0.4, -0.2) is 45.3 Å². The second-order valence-electron chi connectivity index (χ2n) is 8.71. The Morgan fingerprint density at radius 2 is 1.79 bits per heavy atom. The zero-order chi connectivity index (χ0) is 20.6. The van der Waals surface area contributed by atoms with Gasteiger partial charge in [-0.25, -0.2) is 9.50 Å². The highest BCUT2D eigenvalue weighted by Gasteiger charge is 2.41. The molecule has 1 saturated carbocycles. The Morgan fingerprint density at radius 3 is 2.45 bits per heavy atom. The van der Waals surface area contributed by atoms with Gasteiger partial charge < -0.3 is 4.90 Å². The van der Waals surface area contributed by atoms with Crippen molar-refractivity contribution in [1.82, 2.24) is 19.5 Å². The Hall–Kier alpha value is -1.15. The van der Waals surface area contributed by atoms with Crippen LogP contribution in [0, 0.1) is 18.8 Å². The molecule has 0 atom stereocenters. The van der Waals surface area contributed by atoms with Crippen LogP contribution in [0.1, 0.15) is 62.3 Å². The summed E-state index contributed by atoms with van der Waals surface area (Å²) in [6, 6.07) is 2.14. The van der Waals surface area contributed by atoms with Crippen molar-refractivity contribution in [1.29, 1.82) is 0 Å². The van der Waals surface area contributed by atoms with Gasteiger partial charge in [-0.3, -0.25) is 0 Å². The molecule has 2 fully saturated rings. The molecule has 2 aliphatic rings. The molecule has 0 amide bonds. The summed E-state index contributed by atoms with van der Waals surface area (Å²) in [4.78, 5) is 7.31. The van der Waals surface area contributed by atoms with Crippen LogP contribution in [0.15, 0.2) is 16.7 Å². The first-order chi connectivity index (χ1) is 13.8. The Morgan fingerprint density at radius 1 is 1.10 bits per heavy atom. The van der Waals surface area contributed by atoms with Gasteiger partial charge >= 0.3 is 6.18 Å². The van der Waals surface area contributed by atoms with Gasteiger partial charge in [-0.05, 0) is 99.4 Å². The van der Waals surface area contributed by atoms with Crippen LogP contribution in [0.2, 0.25) is 0 Å². The van der Waals surface area contributed by atoms with E-state index < -0.39 is 12.1 Å². The van der Waals surface area contributed by atoms with Crippen molar-refractivity contribution >= 4 is 21.6 Å².